The second-order valence-electron chi connectivity index (χ2n) is 4.60. The van der Waals surface area contributed by atoms with E-state index in [1.807, 2.05) is 0 Å². The van der Waals surface area contributed by atoms with Crippen molar-refractivity contribution in [3.8, 4) is 0 Å². The lowest BCUT2D eigenvalue weighted by Crippen LogP contribution is -2.32. The van der Waals surface area contributed by atoms with E-state index in [1.54, 1.807) is 7.11 Å². The smallest absolute Gasteiger partial charge is 0.111 e. The van der Waals surface area contributed by atoms with Crippen LogP contribution in [0.4, 0.5) is 0 Å². The van der Waals surface area contributed by atoms with E-state index in [-0.39, 0.29) is 6.10 Å². The minimum absolute atomic E-state index is 0.268. The Balaban J connectivity index is 2.35. The van der Waals surface area contributed by atoms with Gasteiger partial charge in [-0.3, -0.25) is 4.99 Å². The number of methoxy groups -OCH3 is 1. The minimum atomic E-state index is 0.268. The van der Waals surface area contributed by atoms with E-state index >= 15 is 0 Å². The molecule has 1 unspecified atom stereocenters. The lowest BCUT2D eigenvalue weighted by Gasteiger charge is -2.19. The molecule has 1 rings (SSSR count). The zero-order valence-electron chi connectivity index (χ0n) is 10.5. The Morgan fingerprint density at radius 3 is 2.69 bits per heavy atom. The van der Waals surface area contributed by atoms with Crippen molar-refractivity contribution < 1.29 is 4.74 Å². The zero-order chi connectivity index (χ0) is 11.8. The number of nitrogens with two attached hydrogens (primary N) is 1. The van der Waals surface area contributed by atoms with Crippen molar-refractivity contribution in [2.24, 2.45) is 10.8 Å². The van der Waals surface area contributed by atoms with E-state index in [2.05, 4.69) is 17.3 Å². The Labute approximate surface area is 98.6 Å². The summed E-state index contributed by atoms with van der Waals surface area (Å²) in [5.41, 5.74) is 2.72. The van der Waals surface area contributed by atoms with Crippen molar-refractivity contribution in [3.63, 3.8) is 0 Å². The average molecular weight is 227 g/mol. The van der Waals surface area contributed by atoms with Crippen LogP contribution in [0.15, 0.2) is 4.99 Å². The Kier molecular flexibility index (Phi) is 6.42. The number of hydrogen-bond donors (Lipinski definition) is 2. The number of aliphatic imine (C=N–C) groups is 1. The normalized spacial score (nSPS) is 20.8. The third-order valence-corrected chi connectivity index (χ3v) is 3.27. The topological polar surface area (TPSA) is 59.6 Å². The predicted molar refractivity (Wildman–Crippen MR) is 67.3 cm³/mol. The van der Waals surface area contributed by atoms with Gasteiger partial charge < -0.3 is 10.2 Å². The number of hydrogen-bond acceptors (Lipinski definition) is 3. The van der Waals surface area contributed by atoms with E-state index in [9.17, 15) is 0 Å². The van der Waals surface area contributed by atoms with Crippen LogP contribution in [0.25, 0.3) is 0 Å². The first kappa shape index (κ1) is 13.5. The Bertz CT molecular complexity index is 212. The van der Waals surface area contributed by atoms with Crippen LogP contribution in [0.1, 0.15) is 51.9 Å². The number of rotatable bonds is 5. The quantitative estimate of drug-likeness (QED) is 0.327. The Morgan fingerprint density at radius 1 is 1.44 bits per heavy atom. The van der Waals surface area contributed by atoms with E-state index in [4.69, 9.17) is 10.6 Å². The minimum Gasteiger partial charge on any atom is -0.382 e. The van der Waals surface area contributed by atoms with E-state index in [0.717, 1.165) is 18.7 Å². The first-order chi connectivity index (χ1) is 7.76. The van der Waals surface area contributed by atoms with Gasteiger partial charge in [0.15, 0.2) is 0 Å². The van der Waals surface area contributed by atoms with Gasteiger partial charge in [-0.15, -0.1) is 0 Å². The molecule has 16 heavy (non-hydrogen) atoms. The molecule has 1 aliphatic rings. The number of amidine groups is 1. The molecule has 1 saturated carbocycles. The van der Waals surface area contributed by atoms with Gasteiger partial charge >= 0.3 is 0 Å². The van der Waals surface area contributed by atoms with Crippen LogP contribution in [0.5, 0.6) is 0 Å². The third-order valence-electron chi connectivity index (χ3n) is 3.27. The standard InChI is InChI=1S/C12H25N3O/c1-10(16-2)8-9-12(15-13)14-11-6-4-3-5-7-11/h10-11H,3-9,13H2,1-2H3,(H,14,15). The molecule has 94 valence electrons. The van der Waals surface area contributed by atoms with Crippen LogP contribution in [0.2, 0.25) is 0 Å². The van der Waals surface area contributed by atoms with Crippen molar-refractivity contribution in [1.29, 1.82) is 0 Å². The van der Waals surface area contributed by atoms with Gasteiger partial charge in [-0.05, 0) is 26.2 Å². The van der Waals surface area contributed by atoms with Gasteiger partial charge in [0.2, 0.25) is 0 Å². The number of nitrogens with one attached hydrogen (secondary N) is 1. The van der Waals surface area contributed by atoms with Gasteiger partial charge in [0.25, 0.3) is 0 Å². The second-order valence-corrected chi connectivity index (χ2v) is 4.60. The molecule has 0 aromatic heterocycles. The molecule has 0 heterocycles. The monoisotopic (exact) mass is 227 g/mol. The molecule has 1 fully saturated rings. The molecule has 0 saturated heterocycles. The van der Waals surface area contributed by atoms with Gasteiger partial charge in [0, 0.05) is 13.5 Å². The highest BCUT2D eigenvalue weighted by Gasteiger charge is 2.13. The van der Waals surface area contributed by atoms with Gasteiger partial charge in [-0.1, -0.05) is 19.3 Å². The fourth-order valence-corrected chi connectivity index (χ4v) is 2.06. The summed E-state index contributed by atoms with van der Waals surface area (Å²) in [7, 11) is 1.73. The van der Waals surface area contributed by atoms with Crippen molar-refractivity contribution in [2.45, 2.75) is 64.0 Å². The van der Waals surface area contributed by atoms with Gasteiger partial charge in [0.05, 0.1) is 12.1 Å². The van der Waals surface area contributed by atoms with Crippen molar-refractivity contribution in [1.82, 2.24) is 5.43 Å². The first-order valence-corrected chi connectivity index (χ1v) is 6.32. The molecule has 0 radical (unpaired) electrons. The van der Waals surface area contributed by atoms with Crippen LogP contribution in [0.3, 0.4) is 0 Å². The highest BCUT2D eigenvalue weighted by molar-refractivity contribution is 5.81. The summed E-state index contributed by atoms with van der Waals surface area (Å²) < 4.78 is 5.21. The Morgan fingerprint density at radius 2 is 2.12 bits per heavy atom. The van der Waals surface area contributed by atoms with Gasteiger partial charge in [0.1, 0.15) is 5.84 Å². The molecule has 4 nitrogen and oxygen atoms in total. The fourth-order valence-electron chi connectivity index (χ4n) is 2.06. The summed E-state index contributed by atoms with van der Waals surface area (Å²) in [6.45, 7) is 2.06. The molecule has 0 spiro atoms. The maximum absolute atomic E-state index is 5.50. The van der Waals surface area contributed by atoms with Crippen LogP contribution in [-0.4, -0.2) is 25.1 Å². The van der Waals surface area contributed by atoms with Crippen molar-refractivity contribution >= 4 is 5.84 Å². The van der Waals surface area contributed by atoms with Gasteiger partial charge in [-0.25, -0.2) is 5.84 Å². The molecule has 3 N–H and O–H groups in total. The molecule has 1 aliphatic carbocycles. The molecule has 0 aromatic rings. The predicted octanol–water partition coefficient (Wildman–Crippen LogP) is 2.00. The second kappa shape index (κ2) is 7.63. The highest BCUT2D eigenvalue weighted by Crippen LogP contribution is 2.20. The highest BCUT2D eigenvalue weighted by atomic mass is 16.5. The number of ether oxygens (including phenoxy) is 1. The molecule has 4 heteroatoms. The molecule has 0 aromatic carbocycles. The first-order valence-electron chi connectivity index (χ1n) is 6.32. The maximum Gasteiger partial charge on any atom is 0.111 e. The van der Waals surface area contributed by atoms with Crippen LogP contribution < -0.4 is 11.3 Å². The number of nitrogens with zero attached hydrogens (tertiary/aromatic N) is 1. The Hall–Kier alpha value is -0.610. The van der Waals surface area contributed by atoms with Crippen LogP contribution in [-0.2, 0) is 4.74 Å². The maximum atomic E-state index is 5.50. The van der Waals surface area contributed by atoms with Gasteiger partial charge in [-0.2, -0.15) is 0 Å². The molecule has 1 atom stereocenters. The number of hydrazine groups is 1. The molecular formula is C12H25N3O. The summed E-state index contributed by atoms with van der Waals surface area (Å²) in [5.74, 6) is 6.42. The lowest BCUT2D eigenvalue weighted by atomic mass is 9.96. The zero-order valence-corrected chi connectivity index (χ0v) is 10.5. The van der Waals surface area contributed by atoms with E-state index in [0.29, 0.717) is 6.04 Å². The van der Waals surface area contributed by atoms with E-state index in [1.165, 1.54) is 32.1 Å². The largest absolute Gasteiger partial charge is 0.382 e. The average Bonchev–Trinajstić information content (AvgIpc) is 2.35. The summed E-state index contributed by atoms with van der Waals surface area (Å²) in [4.78, 5) is 4.69. The lowest BCUT2D eigenvalue weighted by molar-refractivity contribution is 0.112. The summed E-state index contributed by atoms with van der Waals surface area (Å²) in [6.07, 6.45) is 8.51. The molecule has 0 aliphatic heterocycles. The fraction of sp³-hybridized carbons (Fsp3) is 0.917. The van der Waals surface area contributed by atoms with Crippen LogP contribution in [0, 0.1) is 0 Å². The van der Waals surface area contributed by atoms with E-state index < -0.39 is 0 Å². The molecular weight excluding hydrogens is 202 g/mol. The summed E-state index contributed by atoms with van der Waals surface area (Å²) >= 11 is 0. The van der Waals surface area contributed by atoms with Crippen LogP contribution >= 0.6 is 0 Å². The van der Waals surface area contributed by atoms with Crippen molar-refractivity contribution in [3.05, 3.63) is 0 Å². The summed E-state index contributed by atoms with van der Waals surface area (Å²) in [6, 6.07) is 0.484. The molecule has 0 bridgehead atoms. The van der Waals surface area contributed by atoms with Crippen molar-refractivity contribution in [2.75, 3.05) is 7.11 Å². The SMILES string of the molecule is COC(C)CCC(=NC1CCCCC1)NN. The molecule has 0 amide bonds. The summed E-state index contributed by atoms with van der Waals surface area (Å²) in [5, 5.41) is 0. The third kappa shape index (κ3) is 4.94.